The molecule has 27 heavy (non-hydrogen) atoms. The van der Waals surface area contributed by atoms with Gasteiger partial charge in [-0.2, -0.15) is 0 Å². The Bertz CT molecular complexity index is 556. The first-order valence-electron chi connectivity index (χ1n) is 12.2. The van der Waals surface area contributed by atoms with Crippen LogP contribution in [0.5, 0.6) is 0 Å². The van der Waals surface area contributed by atoms with Crippen molar-refractivity contribution in [3.05, 3.63) is 12.2 Å². The van der Waals surface area contributed by atoms with Gasteiger partial charge in [-0.3, -0.25) is 0 Å². The van der Waals surface area contributed by atoms with Crippen LogP contribution in [0.1, 0.15) is 113 Å². The molecule has 0 bridgehead atoms. The lowest BCUT2D eigenvalue weighted by Crippen LogP contribution is -2.55. The quantitative estimate of drug-likeness (QED) is 0.435. The van der Waals surface area contributed by atoms with Gasteiger partial charge in [0.1, 0.15) is 0 Å². The van der Waals surface area contributed by atoms with Crippen molar-refractivity contribution in [3.63, 3.8) is 0 Å². The maximum absolute atomic E-state index is 2.71. The average molecular weight is 373 g/mol. The second-order valence-electron chi connectivity index (χ2n) is 12.3. The van der Waals surface area contributed by atoms with Gasteiger partial charge >= 0.3 is 0 Å². The Kier molecular flexibility index (Phi) is 5.73. The molecule has 0 nitrogen and oxygen atoms in total. The van der Waals surface area contributed by atoms with Crippen LogP contribution in [0, 0.1) is 45.3 Å². The molecule has 0 radical (unpaired) electrons. The minimum Gasteiger partial charge on any atom is -0.0911 e. The number of fused-ring (bicyclic) bond motifs is 1. The molecule has 7 unspecified atom stereocenters. The van der Waals surface area contributed by atoms with E-state index in [1.165, 1.54) is 57.8 Å². The molecule has 3 rings (SSSR count). The second-order valence-corrected chi connectivity index (χ2v) is 12.3. The lowest BCUT2D eigenvalue weighted by atomic mass is 9.42. The van der Waals surface area contributed by atoms with E-state index in [-0.39, 0.29) is 0 Å². The highest BCUT2D eigenvalue weighted by Crippen LogP contribution is 2.66. The van der Waals surface area contributed by atoms with Gasteiger partial charge in [0, 0.05) is 0 Å². The van der Waals surface area contributed by atoms with Gasteiger partial charge in [0.25, 0.3) is 0 Å². The SMILES string of the molecule is CC=CC1(C)CCC2(C)C(CCC(C3(C)CCCC(C)(C)C3CC)C2C)C1. The molecule has 0 N–H and O–H groups in total. The summed E-state index contributed by atoms with van der Waals surface area (Å²) in [7, 11) is 0. The molecule has 3 saturated carbocycles. The molecule has 0 spiro atoms. The minimum atomic E-state index is 0.453. The van der Waals surface area contributed by atoms with Gasteiger partial charge in [0.2, 0.25) is 0 Å². The summed E-state index contributed by atoms with van der Waals surface area (Å²) >= 11 is 0. The number of allylic oxidation sites excluding steroid dienone is 2. The van der Waals surface area contributed by atoms with Crippen molar-refractivity contribution in [3.8, 4) is 0 Å². The highest BCUT2D eigenvalue weighted by atomic mass is 14.6. The van der Waals surface area contributed by atoms with Gasteiger partial charge in [-0.15, -0.1) is 0 Å². The van der Waals surface area contributed by atoms with E-state index in [4.69, 9.17) is 0 Å². The van der Waals surface area contributed by atoms with E-state index in [9.17, 15) is 0 Å². The van der Waals surface area contributed by atoms with Crippen molar-refractivity contribution < 1.29 is 0 Å². The van der Waals surface area contributed by atoms with Crippen molar-refractivity contribution in [2.75, 3.05) is 0 Å². The van der Waals surface area contributed by atoms with Gasteiger partial charge in [-0.25, -0.2) is 0 Å². The molecule has 0 aromatic carbocycles. The van der Waals surface area contributed by atoms with Crippen LogP contribution in [0.2, 0.25) is 0 Å². The van der Waals surface area contributed by atoms with E-state index in [2.05, 4.69) is 67.5 Å². The molecule has 0 heterocycles. The van der Waals surface area contributed by atoms with Crippen LogP contribution in [0.15, 0.2) is 12.2 Å². The third-order valence-corrected chi connectivity index (χ3v) is 10.5. The van der Waals surface area contributed by atoms with Crippen LogP contribution >= 0.6 is 0 Å². The molecule has 0 aliphatic heterocycles. The average Bonchev–Trinajstić information content (AvgIpc) is 2.57. The predicted octanol–water partition coefficient (Wildman–Crippen LogP) is 8.66. The molecular weight excluding hydrogens is 324 g/mol. The molecule has 0 amide bonds. The number of hydrogen-bond acceptors (Lipinski definition) is 0. The fraction of sp³-hybridized carbons (Fsp3) is 0.926. The topological polar surface area (TPSA) is 0 Å². The third-order valence-electron chi connectivity index (χ3n) is 10.5. The molecule has 0 aromatic rings. The summed E-state index contributed by atoms with van der Waals surface area (Å²) in [4.78, 5) is 0. The van der Waals surface area contributed by atoms with Gasteiger partial charge in [0.15, 0.2) is 0 Å². The van der Waals surface area contributed by atoms with Gasteiger partial charge in [-0.05, 0) is 97.2 Å². The standard InChI is InChI=1S/C27H48/c1-9-14-25(6)17-18-26(7)20(3)22(13-12-21(26)19-25)27(8)16-11-15-24(4,5)23(27)10-2/h9,14,20-23H,10-13,15-19H2,1-8H3. The zero-order valence-electron chi connectivity index (χ0n) is 19.8. The Hall–Kier alpha value is -0.260. The minimum absolute atomic E-state index is 0.453. The van der Waals surface area contributed by atoms with Crippen LogP contribution < -0.4 is 0 Å². The van der Waals surface area contributed by atoms with E-state index < -0.39 is 0 Å². The molecule has 7 atom stereocenters. The summed E-state index contributed by atoms with van der Waals surface area (Å²) in [6.07, 6.45) is 17.7. The van der Waals surface area contributed by atoms with Crippen LogP contribution in [0.4, 0.5) is 0 Å². The van der Waals surface area contributed by atoms with Crippen molar-refractivity contribution in [1.29, 1.82) is 0 Å². The van der Waals surface area contributed by atoms with E-state index in [0.717, 1.165) is 23.7 Å². The van der Waals surface area contributed by atoms with E-state index in [1.807, 2.05) is 0 Å². The Morgan fingerprint density at radius 3 is 2.22 bits per heavy atom. The summed E-state index contributed by atoms with van der Waals surface area (Å²) < 4.78 is 0. The lowest BCUT2D eigenvalue weighted by Gasteiger charge is -2.63. The summed E-state index contributed by atoms with van der Waals surface area (Å²) in [6.45, 7) is 20.4. The molecular formula is C27H48. The molecule has 3 aliphatic rings. The van der Waals surface area contributed by atoms with Crippen molar-refractivity contribution in [2.45, 2.75) is 113 Å². The fourth-order valence-corrected chi connectivity index (χ4v) is 8.86. The van der Waals surface area contributed by atoms with Crippen LogP contribution in [-0.4, -0.2) is 0 Å². The smallest absolute Gasteiger partial charge is 0.0144 e. The van der Waals surface area contributed by atoms with Gasteiger partial charge < -0.3 is 0 Å². The predicted molar refractivity (Wildman–Crippen MR) is 120 cm³/mol. The van der Waals surface area contributed by atoms with Gasteiger partial charge in [-0.1, -0.05) is 73.5 Å². The lowest BCUT2D eigenvalue weighted by molar-refractivity contribution is -0.133. The van der Waals surface area contributed by atoms with Crippen LogP contribution in [-0.2, 0) is 0 Å². The molecule has 0 heteroatoms. The molecule has 0 saturated heterocycles. The summed E-state index contributed by atoms with van der Waals surface area (Å²) in [5, 5.41) is 0. The molecule has 156 valence electrons. The Balaban J connectivity index is 1.87. The van der Waals surface area contributed by atoms with E-state index in [0.29, 0.717) is 21.7 Å². The molecule has 3 aliphatic carbocycles. The maximum atomic E-state index is 2.71. The second kappa shape index (κ2) is 7.21. The third kappa shape index (κ3) is 3.46. The maximum Gasteiger partial charge on any atom is -0.0144 e. The normalized spacial score (nSPS) is 50.5. The highest BCUT2D eigenvalue weighted by molar-refractivity contribution is 5.10. The summed E-state index contributed by atoms with van der Waals surface area (Å²) in [5.74, 6) is 3.62. The number of rotatable bonds is 3. The van der Waals surface area contributed by atoms with Gasteiger partial charge in [0.05, 0.1) is 0 Å². The first-order valence-corrected chi connectivity index (χ1v) is 12.2. The van der Waals surface area contributed by atoms with E-state index in [1.54, 1.807) is 0 Å². The Morgan fingerprint density at radius 2 is 1.59 bits per heavy atom. The molecule has 0 aromatic heterocycles. The zero-order valence-corrected chi connectivity index (χ0v) is 19.8. The molecule has 3 fully saturated rings. The summed E-state index contributed by atoms with van der Waals surface area (Å²) in [5.41, 5.74) is 2.09. The van der Waals surface area contributed by atoms with Crippen molar-refractivity contribution in [2.24, 2.45) is 45.3 Å². The largest absolute Gasteiger partial charge is 0.0911 e. The van der Waals surface area contributed by atoms with E-state index >= 15 is 0 Å². The van der Waals surface area contributed by atoms with Crippen LogP contribution in [0.25, 0.3) is 0 Å². The van der Waals surface area contributed by atoms with Crippen LogP contribution in [0.3, 0.4) is 0 Å². The summed E-state index contributed by atoms with van der Waals surface area (Å²) in [6, 6.07) is 0. The first kappa shape index (κ1) is 21.4. The van der Waals surface area contributed by atoms with Crippen molar-refractivity contribution >= 4 is 0 Å². The fourth-order valence-electron chi connectivity index (χ4n) is 8.86. The Morgan fingerprint density at radius 1 is 0.889 bits per heavy atom. The zero-order chi connectivity index (χ0) is 20.1. The Labute approximate surface area is 171 Å². The highest BCUT2D eigenvalue weighted by Gasteiger charge is 2.57. The monoisotopic (exact) mass is 372 g/mol. The van der Waals surface area contributed by atoms with Crippen molar-refractivity contribution in [1.82, 2.24) is 0 Å². The number of hydrogen-bond donors (Lipinski definition) is 0. The first-order chi connectivity index (χ1) is 12.5.